The molecular formula is C21H19F2N3O6. The van der Waals surface area contributed by atoms with Crippen LogP contribution in [0.2, 0.25) is 0 Å². The molecule has 0 radical (unpaired) electrons. The largest absolute Gasteiger partial charge is 0.444 e. The van der Waals surface area contributed by atoms with Crippen LogP contribution >= 0.6 is 0 Å². The summed E-state index contributed by atoms with van der Waals surface area (Å²) in [5.41, 5.74) is -0.396. The van der Waals surface area contributed by atoms with Crippen molar-refractivity contribution in [1.29, 1.82) is 0 Å². The summed E-state index contributed by atoms with van der Waals surface area (Å²) < 4.78 is 38.9. The molecule has 9 nitrogen and oxygen atoms in total. The molecule has 0 saturated carbocycles. The molecule has 2 heterocycles. The van der Waals surface area contributed by atoms with E-state index in [9.17, 15) is 23.5 Å². The van der Waals surface area contributed by atoms with E-state index < -0.39 is 42.7 Å². The van der Waals surface area contributed by atoms with Crippen molar-refractivity contribution in [3.8, 4) is 0 Å². The Kier molecular flexibility index (Phi) is 5.87. The lowest BCUT2D eigenvalue weighted by molar-refractivity contribution is -0.140. The molecule has 2 aromatic carbocycles. The summed E-state index contributed by atoms with van der Waals surface area (Å²) in [5.74, 6) is -4.04. The van der Waals surface area contributed by atoms with E-state index in [-0.39, 0.29) is 12.4 Å². The predicted molar refractivity (Wildman–Crippen MR) is 108 cm³/mol. The fraction of sp³-hybridized carbons (Fsp3) is 0.286. The van der Waals surface area contributed by atoms with Gasteiger partial charge in [0.05, 0.1) is 6.61 Å². The maximum absolute atomic E-state index is 14.2. The van der Waals surface area contributed by atoms with Gasteiger partial charge in [0.15, 0.2) is 6.10 Å². The number of halogens is 2. The predicted octanol–water partition coefficient (Wildman–Crippen LogP) is 2.03. The Morgan fingerprint density at radius 1 is 1.22 bits per heavy atom. The highest BCUT2D eigenvalue weighted by atomic mass is 19.3. The van der Waals surface area contributed by atoms with Crippen LogP contribution in [0.1, 0.15) is 11.8 Å². The van der Waals surface area contributed by atoms with Gasteiger partial charge in [-0.2, -0.15) is 13.8 Å². The summed E-state index contributed by atoms with van der Waals surface area (Å²) in [6.07, 6.45) is -5.93. The summed E-state index contributed by atoms with van der Waals surface area (Å²) in [5, 5.41) is 22.9. The Hall–Kier alpha value is -3.41. The van der Waals surface area contributed by atoms with Crippen molar-refractivity contribution < 1.29 is 33.3 Å². The van der Waals surface area contributed by atoms with Crippen molar-refractivity contribution in [2.75, 3.05) is 11.9 Å². The van der Waals surface area contributed by atoms with Gasteiger partial charge >= 0.3 is 17.7 Å². The fourth-order valence-corrected chi connectivity index (χ4v) is 3.40. The van der Waals surface area contributed by atoms with E-state index in [1.165, 1.54) is 0 Å². The number of rotatable bonds is 5. The number of benzene rings is 2. The summed E-state index contributed by atoms with van der Waals surface area (Å²) in [6, 6.07) is 14.4. The number of aromatic nitrogens is 2. The minimum atomic E-state index is -3.83. The van der Waals surface area contributed by atoms with E-state index >= 15 is 0 Å². The van der Waals surface area contributed by atoms with Gasteiger partial charge in [0.25, 0.3) is 0 Å². The average Bonchev–Trinajstić information content (AvgIpc) is 3.01. The Balaban J connectivity index is 1.41. The van der Waals surface area contributed by atoms with Crippen molar-refractivity contribution in [3.63, 3.8) is 0 Å². The first-order valence-corrected chi connectivity index (χ1v) is 9.62. The molecule has 1 aromatic heterocycles. The zero-order valence-electron chi connectivity index (χ0n) is 16.5. The van der Waals surface area contributed by atoms with Gasteiger partial charge in [0.2, 0.25) is 6.23 Å². The zero-order chi connectivity index (χ0) is 22.9. The number of ether oxygens (including phenoxy) is 2. The van der Waals surface area contributed by atoms with Gasteiger partial charge in [-0.05, 0) is 28.5 Å². The first-order valence-electron chi connectivity index (χ1n) is 9.62. The highest BCUT2D eigenvalue weighted by Crippen LogP contribution is 2.41. The molecule has 32 heavy (non-hydrogen) atoms. The van der Waals surface area contributed by atoms with Crippen molar-refractivity contribution >= 4 is 22.7 Å². The molecule has 11 heteroatoms. The summed E-state index contributed by atoms with van der Waals surface area (Å²) in [7, 11) is 0. The third kappa shape index (κ3) is 4.17. The van der Waals surface area contributed by atoms with Crippen molar-refractivity contribution in [1.82, 2.24) is 9.55 Å². The number of hydrogen-bond acceptors (Lipinski definition) is 7. The molecule has 3 atom stereocenters. The van der Waals surface area contributed by atoms with Gasteiger partial charge in [-0.3, -0.25) is 9.88 Å². The average molecular weight is 447 g/mol. The maximum Gasteiger partial charge on any atom is 0.413 e. The number of aliphatic hydroxyl groups excluding tert-OH is 2. The van der Waals surface area contributed by atoms with E-state index in [0.717, 1.165) is 28.6 Å². The normalized spacial score (nSPS) is 22.1. The molecule has 1 saturated heterocycles. The smallest absolute Gasteiger partial charge is 0.413 e. The molecule has 0 bridgehead atoms. The number of aliphatic hydroxyl groups is 2. The van der Waals surface area contributed by atoms with Crippen LogP contribution in [0.4, 0.5) is 19.4 Å². The fourth-order valence-electron chi connectivity index (χ4n) is 3.40. The highest BCUT2D eigenvalue weighted by Gasteiger charge is 2.59. The standard InChI is InChI=1S/C21H19F2N3O6/c22-21(23)17(28)15(10-27)32-18(21)26-8-7-16(24-19(26)29)25-20(30)31-11-12-5-6-13-3-1-2-4-14(13)9-12/h1-9,15,17-18,27-28H,10-11H2,(H,24,25,29,30)/t15-,17-,18-/m1/s1. The molecule has 3 N–H and O–H groups in total. The number of carbonyl (C=O) groups excluding carboxylic acids is 1. The second-order valence-corrected chi connectivity index (χ2v) is 7.21. The van der Waals surface area contributed by atoms with Crippen LogP contribution in [0.3, 0.4) is 0 Å². The highest BCUT2D eigenvalue weighted by molar-refractivity contribution is 5.84. The van der Waals surface area contributed by atoms with Gasteiger partial charge in [-0.1, -0.05) is 36.4 Å². The number of nitrogens with one attached hydrogen (secondary N) is 1. The van der Waals surface area contributed by atoms with Crippen LogP contribution in [-0.2, 0) is 16.1 Å². The van der Waals surface area contributed by atoms with E-state index in [0.29, 0.717) is 4.57 Å². The van der Waals surface area contributed by atoms with Crippen molar-refractivity contribution in [2.45, 2.75) is 31.0 Å². The lowest BCUT2D eigenvalue weighted by Crippen LogP contribution is -2.41. The maximum atomic E-state index is 14.2. The number of anilines is 1. The molecule has 1 fully saturated rings. The quantitative estimate of drug-likeness (QED) is 0.547. The van der Waals surface area contributed by atoms with Crippen LogP contribution in [0, 0.1) is 0 Å². The second kappa shape index (κ2) is 8.61. The number of hydrogen-bond donors (Lipinski definition) is 3. The number of amides is 1. The van der Waals surface area contributed by atoms with Crippen LogP contribution in [-0.4, -0.2) is 50.6 Å². The Labute approximate surface area is 179 Å². The Morgan fingerprint density at radius 3 is 2.66 bits per heavy atom. The topological polar surface area (TPSA) is 123 Å². The van der Waals surface area contributed by atoms with E-state index in [4.69, 9.17) is 14.6 Å². The molecule has 0 unspecified atom stereocenters. The molecule has 4 rings (SSSR count). The summed E-state index contributed by atoms with van der Waals surface area (Å²) >= 11 is 0. The van der Waals surface area contributed by atoms with Crippen LogP contribution < -0.4 is 11.0 Å². The van der Waals surface area contributed by atoms with Gasteiger partial charge in [-0.25, -0.2) is 9.59 Å². The van der Waals surface area contributed by atoms with Gasteiger partial charge in [0, 0.05) is 6.20 Å². The number of alkyl halides is 2. The van der Waals surface area contributed by atoms with E-state index in [1.807, 2.05) is 42.5 Å². The monoisotopic (exact) mass is 447 g/mol. The van der Waals surface area contributed by atoms with Crippen LogP contribution in [0.15, 0.2) is 59.5 Å². The second-order valence-electron chi connectivity index (χ2n) is 7.21. The van der Waals surface area contributed by atoms with Crippen molar-refractivity contribution in [3.05, 3.63) is 70.8 Å². The summed E-state index contributed by atoms with van der Waals surface area (Å²) in [4.78, 5) is 27.8. The van der Waals surface area contributed by atoms with Gasteiger partial charge < -0.3 is 19.7 Å². The Morgan fingerprint density at radius 2 is 1.97 bits per heavy atom. The minimum absolute atomic E-state index is 0.0314. The van der Waals surface area contributed by atoms with E-state index in [2.05, 4.69) is 10.3 Å². The van der Waals surface area contributed by atoms with Gasteiger partial charge in [-0.15, -0.1) is 0 Å². The molecule has 168 valence electrons. The molecule has 0 aliphatic carbocycles. The molecule has 1 amide bonds. The lowest BCUT2D eigenvalue weighted by Gasteiger charge is -2.21. The number of nitrogens with zero attached hydrogens (tertiary/aromatic N) is 2. The number of fused-ring (bicyclic) bond motifs is 1. The molecule has 3 aromatic rings. The lowest BCUT2D eigenvalue weighted by atomic mass is 10.1. The number of carbonyl (C=O) groups is 1. The van der Waals surface area contributed by atoms with Gasteiger partial charge in [0.1, 0.15) is 18.5 Å². The minimum Gasteiger partial charge on any atom is -0.444 e. The summed E-state index contributed by atoms with van der Waals surface area (Å²) in [6.45, 7) is -0.881. The Bertz CT molecular complexity index is 1200. The van der Waals surface area contributed by atoms with Crippen LogP contribution in [0.5, 0.6) is 0 Å². The van der Waals surface area contributed by atoms with E-state index in [1.54, 1.807) is 0 Å². The molecule has 1 aliphatic heterocycles. The van der Waals surface area contributed by atoms with Crippen molar-refractivity contribution in [2.24, 2.45) is 0 Å². The molecular weight excluding hydrogens is 428 g/mol. The first-order chi connectivity index (χ1) is 15.3. The van der Waals surface area contributed by atoms with Crippen LogP contribution in [0.25, 0.3) is 10.8 Å². The SMILES string of the molecule is O=C(Nc1ccn([C@@H]2O[C@H](CO)[C@@H](O)C2(F)F)c(=O)n1)OCc1ccc2ccccc2c1. The first kappa shape index (κ1) is 21.8. The third-order valence-electron chi connectivity index (χ3n) is 5.06. The molecule has 0 spiro atoms. The third-order valence-corrected chi connectivity index (χ3v) is 5.06. The zero-order valence-corrected chi connectivity index (χ0v) is 16.5. The molecule has 1 aliphatic rings.